The molecule has 9 atom stereocenters. The summed E-state index contributed by atoms with van der Waals surface area (Å²) >= 11 is -1.12. The Hall–Kier alpha value is -0.690. The van der Waals surface area contributed by atoms with E-state index in [1.54, 1.807) is 27.9 Å². The number of rotatable bonds is 7. The van der Waals surface area contributed by atoms with E-state index in [-0.39, 0.29) is 30.6 Å². The predicted molar refractivity (Wildman–Crippen MR) is 132 cm³/mol. The van der Waals surface area contributed by atoms with Gasteiger partial charge in [0.15, 0.2) is 0 Å². The van der Waals surface area contributed by atoms with Crippen LogP contribution in [-0.2, 0) is 22.1 Å². The molecule has 0 bridgehead atoms. The molecule has 1 aliphatic heterocycles. The molecule has 1 saturated heterocycles. The SMILES string of the molecule is CC[C@H]1OC(=O)[C@H](C)C(=O)[C@H](C)[C@@H](C)[C@](C)(OC)C[C@@H](C)C(=N[I-]OCCCF)[C@H](C)[C@@H](O)[C@]1(C)O. The molecule has 1 heterocycles. The van der Waals surface area contributed by atoms with Crippen molar-refractivity contribution in [2.45, 2.75) is 98.1 Å². The van der Waals surface area contributed by atoms with Crippen LogP contribution in [0.25, 0.3) is 0 Å². The van der Waals surface area contributed by atoms with E-state index < -0.39 is 75.7 Å². The van der Waals surface area contributed by atoms with Crippen molar-refractivity contribution in [3.63, 3.8) is 0 Å². The van der Waals surface area contributed by atoms with Gasteiger partial charge in [-0.05, 0) is 0 Å². The number of methoxy groups -OCH3 is 1. The fraction of sp³-hybridized carbons (Fsp3) is 0.885. The molecule has 8 nitrogen and oxygen atoms in total. The first-order chi connectivity index (χ1) is 16.7. The van der Waals surface area contributed by atoms with E-state index in [0.29, 0.717) is 18.6 Å². The number of ketones is 1. The summed E-state index contributed by atoms with van der Waals surface area (Å²) in [6.45, 7) is 13.9. The van der Waals surface area contributed by atoms with Crippen LogP contribution >= 0.6 is 0 Å². The van der Waals surface area contributed by atoms with Crippen molar-refractivity contribution in [2.75, 3.05) is 20.4 Å². The standard InChI is InChI=1S/C26H46FINO7/c1-10-20-26(8,33)23(31)17(4)21(29-28-35-13-11-12-27)15(2)14-25(7,34-9)19(6)16(3)22(30)18(5)24(32)36-20/h15-20,23,31,33H,10-14H2,1-9H3/q-1/t15-,16-,17+,18-,19-,20-,23-,25-,26-/m1/s1. The van der Waals surface area contributed by atoms with Gasteiger partial charge in [-0.15, -0.1) is 0 Å². The average molecular weight is 631 g/mol. The van der Waals surface area contributed by atoms with Gasteiger partial charge in [-0.2, -0.15) is 0 Å². The number of carbonyl (C=O) groups excluding carboxylic acids is 2. The van der Waals surface area contributed by atoms with Crippen LogP contribution in [-0.4, -0.2) is 71.5 Å². The molecular formula is C26H46FINO7-. The molecule has 1 aliphatic rings. The molecule has 0 saturated carbocycles. The molecule has 0 unspecified atom stereocenters. The monoisotopic (exact) mass is 630 g/mol. The summed E-state index contributed by atoms with van der Waals surface area (Å²) in [4.78, 5) is 26.2. The van der Waals surface area contributed by atoms with Gasteiger partial charge in [0.1, 0.15) is 0 Å². The predicted octanol–water partition coefficient (Wildman–Crippen LogP) is 0.715. The van der Waals surface area contributed by atoms with Crippen LogP contribution in [0, 0.1) is 29.6 Å². The van der Waals surface area contributed by atoms with Gasteiger partial charge in [-0.3, -0.25) is 0 Å². The number of nitrogens with zero attached hydrogens (tertiary/aromatic N) is 1. The minimum atomic E-state index is -1.80. The van der Waals surface area contributed by atoms with E-state index in [2.05, 4.69) is 0 Å². The summed E-state index contributed by atoms with van der Waals surface area (Å²) in [6, 6.07) is 0. The van der Waals surface area contributed by atoms with Gasteiger partial charge >= 0.3 is 227 Å². The Bertz CT molecular complexity index is 765. The topological polar surface area (TPSA) is 115 Å². The van der Waals surface area contributed by atoms with Crippen LogP contribution in [0.3, 0.4) is 0 Å². The van der Waals surface area contributed by atoms with E-state index in [4.69, 9.17) is 15.7 Å². The second kappa shape index (κ2) is 14.5. The number of hydrogen-bond acceptors (Lipinski definition) is 8. The summed E-state index contributed by atoms with van der Waals surface area (Å²) in [5, 5.41) is 22.7. The summed E-state index contributed by atoms with van der Waals surface area (Å²) in [5.74, 6) is -3.52. The molecule has 10 heteroatoms. The van der Waals surface area contributed by atoms with Crippen LogP contribution in [0.2, 0.25) is 0 Å². The van der Waals surface area contributed by atoms with Crippen LogP contribution in [0.4, 0.5) is 4.39 Å². The Kier molecular flexibility index (Phi) is 13.4. The summed E-state index contributed by atoms with van der Waals surface area (Å²) in [6.07, 6.45) is -1.31. The second-order valence-corrected chi connectivity index (χ2v) is 12.0. The Morgan fingerprint density at radius 2 is 1.78 bits per heavy atom. The van der Waals surface area contributed by atoms with Crippen molar-refractivity contribution in [1.82, 2.24) is 0 Å². The molecule has 0 spiro atoms. The van der Waals surface area contributed by atoms with Crippen LogP contribution < -0.4 is 21.9 Å². The molecule has 36 heavy (non-hydrogen) atoms. The van der Waals surface area contributed by atoms with Gasteiger partial charge in [0.25, 0.3) is 0 Å². The number of hydrogen-bond donors (Lipinski definition) is 2. The zero-order chi connectivity index (χ0) is 27.8. The number of Topliss-reactive ketones (excluding diaryl/α,β-unsaturated/α-hetero) is 1. The summed E-state index contributed by atoms with van der Waals surface area (Å²) < 4.78 is 34.3. The van der Waals surface area contributed by atoms with Gasteiger partial charge < -0.3 is 0 Å². The number of ether oxygens (including phenoxy) is 2. The number of aliphatic hydroxyl groups is 2. The quantitative estimate of drug-likeness (QED) is 0.185. The third-order valence-electron chi connectivity index (χ3n) is 7.98. The van der Waals surface area contributed by atoms with Crippen molar-refractivity contribution in [3.05, 3.63) is 0 Å². The number of carbonyl (C=O) groups is 2. The third-order valence-corrected chi connectivity index (χ3v) is 9.45. The van der Waals surface area contributed by atoms with Gasteiger partial charge in [0, 0.05) is 0 Å². The first kappa shape index (κ1) is 33.3. The number of esters is 1. The molecule has 2 N–H and O–H groups in total. The van der Waals surface area contributed by atoms with E-state index in [0.717, 1.165) is 0 Å². The number of cyclic esters (lactones) is 1. The van der Waals surface area contributed by atoms with Gasteiger partial charge in [0.2, 0.25) is 0 Å². The first-order valence-corrected chi connectivity index (χ1v) is 14.6. The zero-order valence-electron chi connectivity index (χ0n) is 23.2. The third kappa shape index (κ3) is 7.91. The fourth-order valence-electron chi connectivity index (χ4n) is 4.99. The van der Waals surface area contributed by atoms with E-state index in [9.17, 15) is 24.2 Å². The normalized spacial score (nSPS) is 40.8. The molecule has 0 radical (unpaired) electrons. The molecule has 0 amide bonds. The number of aliphatic hydroxyl groups excluding tert-OH is 1. The molecular weight excluding hydrogens is 584 g/mol. The first-order valence-electron chi connectivity index (χ1n) is 12.8. The molecule has 1 fully saturated rings. The molecule has 0 aromatic heterocycles. The van der Waals surface area contributed by atoms with Crippen LogP contribution in [0.15, 0.2) is 3.21 Å². The van der Waals surface area contributed by atoms with Crippen LogP contribution in [0.1, 0.15) is 74.7 Å². The molecule has 0 aromatic carbocycles. The molecule has 1 rings (SSSR count). The Balaban J connectivity index is 3.58. The van der Waals surface area contributed by atoms with E-state index in [1.807, 2.05) is 20.8 Å². The van der Waals surface area contributed by atoms with Crippen LogP contribution in [0.5, 0.6) is 0 Å². The van der Waals surface area contributed by atoms with Crippen molar-refractivity contribution in [3.8, 4) is 0 Å². The minimum absolute atomic E-state index is 0.187. The molecule has 212 valence electrons. The van der Waals surface area contributed by atoms with Gasteiger partial charge in [-0.25, -0.2) is 0 Å². The second-order valence-electron chi connectivity index (χ2n) is 10.6. The summed E-state index contributed by atoms with van der Waals surface area (Å²) in [7, 11) is 1.60. The average Bonchev–Trinajstić information content (AvgIpc) is 2.85. The van der Waals surface area contributed by atoms with Crippen molar-refractivity contribution in [2.24, 2.45) is 32.8 Å². The Morgan fingerprint density at radius 3 is 2.31 bits per heavy atom. The zero-order valence-corrected chi connectivity index (χ0v) is 25.4. The van der Waals surface area contributed by atoms with Crippen molar-refractivity contribution < 1.29 is 58.6 Å². The fourth-order valence-corrected chi connectivity index (χ4v) is 6.78. The van der Waals surface area contributed by atoms with Gasteiger partial charge in [0.05, 0.1) is 0 Å². The number of halogens is 2. The van der Waals surface area contributed by atoms with Crippen molar-refractivity contribution >= 4 is 17.5 Å². The number of alkyl halides is 1. The Morgan fingerprint density at radius 1 is 1.17 bits per heavy atom. The molecule has 0 aliphatic carbocycles. The maximum atomic E-state index is 13.3. The van der Waals surface area contributed by atoms with Gasteiger partial charge in [-0.1, -0.05) is 0 Å². The van der Waals surface area contributed by atoms with E-state index >= 15 is 0 Å². The van der Waals surface area contributed by atoms with E-state index in [1.165, 1.54) is 13.8 Å². The maximum absolute atomic E-state index is 13.3. The molecule has 0 aromatic rings. The van der Waals surface area contributed by atoms with Crippen molar-refractivity contribution in [1.29, 1.82) is 0 Å². The Labute approximate surface area is 226 Å². The summed E-state index contributed by atoms with van der Waals surface area (Å²) in [5.41, 5.74) is -1.89.